The SMILES string of the molecule is C#CCCCC(C)C(O)c1ccccc1. The van der Waals surface area contributed by atoms with E-state index < -0.39 is 0 Å². The number of benzene rings is 1. The Hall–Kier alpha value is -1.26. The van der Waals surface area contributed by atoms with Crippen LogP contribution in [0.15, 0.2) is 30.3 Å². The van der Waals surface area contributed by atoms with Gasteiger partial charge in [-0.2, -0.15) is 0 Å². The van der Waals surface area contributed by atoms with E-state index in [1.54, 1.807) is 0 Å². The summed E-state index contributed by atoms with van der Waals surface area (Å²) in [4.78, 5) is 0. The summed E-state index contributed by atoms with van der Waals surface area (Å²) in [5.74, 6) is 2.88. The summed E-state index contributed by atoms with van der Waals surface area (Å²) in [5.41, 5.74) is 0.991. The highest BCUT2D eigenvalue weighted by atomic mass is 16.3. The average Bonchev–Trinajstić information content (AvgIpc) is 2.29. The summed E-state index contributed by atoms with van der Waals surface area (Å²) in [6.07, 6.45) is 7.58. The van der Waals surface area contributed by atoms with Gasteiger partial charge in [0.15, 0.2) is 0 Å². The Labute approximate surface area is 92.1 Å². The van der Waals surface area contributed by atoms with Gasteiger partial charge in [0, 0.05) is 6.42 Å². The molecule has 2 unspecified atom stereocenters. The van der Waals surface area contributed by atoms with Gasteiger partial charge in [0.25, 0.3) is 0 Å². The van der Waals surface area contributed by atoms with E-state index in [-0.39, 0.29) is 12.0 Å². The van der Waals surface area contributed by atoms with E-state index in [1.165, 1.54) is 0 Å². The first-order valence-corrected chi connectivity index (χ1v) is 5.42. The summed E-state index contributed by atoms with van der Waals surface area (Å²) < 4.78 is 0. The van der Waals surface area contributed by atoms with Gasteiger partial charge in [-0.25, -0.2) is 0 Å². The van der Waals surface area contributed by atoms with Crippen molar-refractivity contribution in [3.05, 3.63) is 35.9 Å². The lowest BCUT2D eigenvalue weighted by Crippen LogP contribution is -2.08. The standard InChI is InChI=1S/C14H18O/c1-3-4-6-9-12(2)14(15)13-10-7-5-8-11-13/h1,5,7-8,10-12,14-15H,4,6,9H2,2H3. The van der Waals surface area contributed by atoms with Crippen molar-refractivity contribution in [3.8, 4) is 12.3 Å². The normalized spacial score (nSPS) is 14.2. The number of terminal acetylenes is 1. The van der Waals surface area contributed by atoms with Crippen LogP contribution in [-0.4, -0.2) is 5.11 Å². The van der Waals surface area contributed by atoms with Gasteiger partial charge >= 0.3 is 0 Å². The molecule has 80 valence electrons. The number of unbranched alkanes of at least 4 members (excludes halogenated alkanes) is 1. The highest BCUT2D eigenvalue weighted by Crippen LogP contribution is 2.25. The second-order valence-corrected chi connectivity index (χ2v) is 3.93. The molecule has 0 saturated carbocycles. The van der Waals surface area contributed by atoms with Gasteiger partial charge in [-0.1, -0.05) is 37.3 Å². The van der Waals surface area contributed by atoms with Crippen LogP contribution in [0, 0.1) is 18.3 Å². The van der Waals surface area contributed by atoms with Gasteiger partial charge in [-0.3, -0.25) is 0 Å². The van der Waals surface area contributed by atoms with Crippen LogP contribution < -0.4 is 0 Å². The Morgan fingerprint density at radius 2 is 2.00 bits per heavy atom. The zero-order valence-electron chi connectivity index (χ0n) is 9.19. The van der Waals surface area contributed by atoms with E-state index in [0.29, 0.717) is 0 Å². The fourth-order valence-electron chi connectivity index (χ4n) is 1.66. The predicted molar refractivity (Wildman–Crippen MR) is 63.2 cm³/mol. The summed E-state index contributed by atoms with van der Waals surface area (Å²) in [6, 6.07) is 9.78. The third-order valence-electron chi connectivity index (χ3n) is 2.66. The molecule has 0 aliphatic heterocycles. The van der Waals surface area contributed by atoms with Gasteiger partial charge in [0.2, 0.25) is 0 Å². The smallest absolute Gasteiger partial charge is 0.0815 e. The van der Waals surface area contributed by atoms with Crippen LogP contribution in [0.1, 0.15) is 37.9 Å². The summed E-state index contributed by atoms with van der Waals surface area (Å²) in [7, 11) is 0. The van der Waals surface area contributed by atoms with Crippen molar-refractivity contribution < 1.29 is 5.11 Å². The van der Waals surface area contributed by atoms with Crippen molar-refractivity contribution in [3.63, 3.8) is 0 Å². The van der Waals surface area contributed by atoms with Crippen LogP contribution >= 0.6 is 0 Å². The van der Waals surface area contributed by atoms with Crippen molar-refractivity contribution in [2.75, 3.05) is 0 Å². The predicted octanol–water partition coefficient (Wildman–Crippen LogP) is 3.16. The fraction of sp³-hybridized carbons (Fsp3) is 0.429. The second kappa shape index (κ2) is 6.27. The van der Waals surface area contributed by atoms with Crippen LogP contribution in [-0.2, 0) is 0 Å². The number of aliphatic hydroxyl groups is 1. The Morgan fingerprint density at radius 3 is 2.60 bits per heavy atom. The molecule has 1 aromatic rings. The first-order chi connectivity index (χ1) is 7.25. The number of rotatable bonds is 5. The van der Waals surface area contributed by atoms with Crippen molar-refractivity contribution in [2.45, 2.75) is 32.3 Å². The summed E-state index contributed by atoms with van der Waals surface area (Å²) in [6.45, 7) is 2.06. The van der Waals surface area contributed by atoms with E-state index in [0.717, 1.165) is 24.8 Å². The maximum atomic E-state index is 10.0. The Balaban J connectivity index is 2.46. The van der Waals surface area contributed by atoms with Gasteiger partial charge in [-0.15, -0.1) is 12.3 Å². The lowest BCUT2D eigenvalue weighted by atomic mass is 9.93. The molecule has 0 amide bonds. The first-order valence-electron chi connectivity index (χ1n) is 5.42. The molecule has 0 aliphatic carbocycles. The van der Waals surface area contributed by atoms with Crippen molar-refractivity contribution in [1.29, 1.82) is 0 Å². The minimum atomic E-state index is -0.371. The number of hydrogen-bond donors (Lipinski definition) is 1. The molecule has 2 atom stereocenters. The molecule has 0 bridgehead atoms. The average molecular weight is 202 g/mol. The minimum absolute atomic E-state index is 0.265. The van der Waals surface area contributed by atoms with Crippen LogP contribution in [0.2, 0.25) is 0 Å². The number of hydrogen-bond acceptors (Lipinski definition) is 1. The Bertz CT molecular complexity index is 310. The third kappa shape index (κ3) is 3.77. The molecular formula is C14H18O. The van der Waals surface area contributed by atoms with E-state index in [2.05, 4.69) is 12.8 Å². The molecule has 1 heteroatoms. The van der Waals surface area contributed by atoms with Crippen molar-refractivity contribution in [2.24, 2.45) is 5.92 Å². The first kappa shape index (κ1) is 11.8. The molecule has 0 saturated heterocycles. The molecule has 15 heavy (non-hydrogen) atoms. The van der Waals surface area contributed by atoms with Gasteiger partial charge in [0.1, 0.15) is 0 Å². The highest BCUT2D eigenvalue weighted by Gasteiger charge is 2.15. The van der Waals surface area contributed by atoms with Gasteiger partial charge in [-0.05, 0) is 24.3 Å². The van der Waals surface area contributed by atoms with Crippen LogP contribution in [0.4, 0.5) is 0 Å². The molecule has 0 aliphatic rings. The maximum Gasteiger partial charge on any atom is 0.0815 e. The summed E-state index contributed by atoms with van der Waals surface area (Å²) in [5, 5.41) is 10.0. The molecule has 1 aromatic carbocycles. The lowest BCUT2D eigenvalue weighted by molar-refractivity contribution is 0.112. The van der Waals surface area contributed by atoms with Gasteiger partial charge < -0.3 is 5.11 Å². The van der Waals surface area contributed by atoms with Crippen molar-refractivity contribution >= 4 is 0 Å². The largest absolute Gasteiger partial charge is 0.388 e. The van der Waals surface area contributed by atoms with Crippen LogP contribution in [0.3, 0.4) is 0 Å². The minimum Gasteiger partial charge on any atom is -0.388 e. The fourth-order valence-corrected chi connectivity index (χ4v) is 1.66. The maximum absolute atomic E-state index is 10.0. The van der Waals surface area contributed by atoms with Crippen LogP contribution in [0.5, 0.6) is 0 Å². The zero-order valence-corrected chi connectivity index (χ0v) is 9.19. The molecule has 1 N–H and O–H groups in total. The Kier molecular flexibility index (Phi) is 4.93. The quantitative estimate of drug-likeness (QED) is 0.574. The van der Waals surface area contributed by atoms with Crippen LogP contribution in [0.25, 0.3) is 0 Å². The van der Waals surface area contributed by atoms with E-state index in [1.807, 2.05) is 30.3 Å². The van der Waals surface area contributed by atoms with E-state index in [9.17, 15) is 5.11 Å². The molecule has 0 heterocycles. The number of aliphatic hydroxyl groups excluding tert-OH is 1. The molecule has 0 fully saturated rings. The highest BCUT2D eigenvalue weighted by molar-refractivity contribution is 5.17. The second-order valence-electron chi connectivity index (χ2n) is 3.93. The monoisotopic (exact) mass is 202 g/mol. The third-order valence-corrected chi connectivity index (χ3v) is 2.66. The summed E-state index contributed by atoms with van der Waals surface area (Å²) >= 11 is 0. The molecule has 0 spiro atoms. The molecule has 0 radical (unpaired) electrons. The molecule has 1 nitrogen and oxygen atoms in total. The zero-order chi connectivity index (χ0) is 11.1. The lowest BCUT2D eigenvalue weighted by Gasteiger charge is -2.18. The van der Waals surface area contributed by atoms with Crippen molar-refractivity contribution in [1.82, 2.24) is 0 Å². The van der Waals surface area contributed by atoms with E-state index in [4.69, 9.17) is 6.42 Å². The molecular weight excluding hydrogens is 184 g/mol. The van der Waals surface area contributed by atoms with E-state index >= 15 is 0 Å². The topological polar surface area (TPSA) is 20.2 Å². The van der Waals surface area contributed by atoms with Gasteiger partial charge in [0.05, 0.1) is 6.10 Å². The molecule has 0 aromatic heterocycles. The molecule has 1 rings (SSSR count). The Morgan fingerprint density at radius 1 is 1.33 bits per heavy atom.